The topological polar surface area (TPSA) is 87.3 Å². The monoisotopic (exact) mass is 351 g/mol. The van der Waals surface area contributed by atoms with E-state index < -0.39 is 11.7 Å². The molecule has 1 fully saturated rings. The molecule has 1 saturated heterocycles. The molecule has 7 nitrogen and oxygen atoms in total. The number of benzene rings is 1. The molecule has 2 N–H and O–H groups in total. The Morgan fingerprint density at radius 1 is 1.15 bits per heavy atom. The third-order valence-electron chi connectivity index (χ3n) is 4.89. The van der Waals surface area contributed by atoms with Gasteiger partial charge in [-0.1, -0.05) is 30.3 Å². The highest BCUT2D eigenvalue weighted by Gasteiger charge is 2.42. The van der Waals surface area contributed by atoms with Gasteiger partial charge in [0, 0.05) is 31.8 Å². The normalized spacial score (nSPS) is 23.2. The van der Waals surface area contributed by atoms with E-state index in [1.807, 2.05) is 54.4 Å². The van der Waals surface area contributed by atoms with Crippen molar-refractivity contribution in [3.8, 4) is 5.82 Å². The van der Waals surface area contributed by atoms with Crippen LogP contribution in [0.25, 0.3) is 5.82 Å². The van der Waals surface area contributed by atoms with Crippen molar-refractivity contribution in [1.29, 1.82) is 0 Å². The Morgan fingerprint density at radius 2 is 1.92 bits per heavy atom. The van der Waals surface area contributed by atoms with E-state index in [0.29, 0.717) is 31.1 Å². The summed E-state index contributed by atoms with van der Waals surface area (Å²) in [6, 6.07) is 11.2. The lowest BCUT2D eigenvalue weighted by Gasteiger charge is -2.42. The third kappa shape index (κ3) is 2.95. The number of rotatable bonds is 3. The van der Waals surface area contributed by atoms with Crippen LogP contribution >= 0.6 is 0 Å². The molecule has 0 bridgehead atoms. The van der Waals surface area contributed by atoms with Crippen LogP contribution in [0.3, 0.4) is 0 Å². The Balaban J connectivity index is 1.56. The van der Waals surface area contributed by atoms with Crippen LogP contribution in [-0.2, 0) is 5.60 Å². The minimum Gasteiger partial charge on any atom is -0.388 e. The number of aliphatic hydroxyl groups excluding tert-OH is 1. The van der Waals surface area contributed by atoms with Crippen molar-refractivity contribution in [2.24, 2.45) is 0 Å². The average molecular weight is 351 g/mol. The van der Waals surface area contributed by atoms with E-state index in [0.717, 1.165) is 11.1 Å². The summed E-state index contributed by atoms with van der Waals surface area (Å²) in [5.74, 6) is 1.37. The summed E-state index contributed by atoms with van der Waals surface area (Å²) in [5, 5.41) is 25.9. The highest BCUT2D eigenvalue weighted by Crippen LogP contribution is 2.34. The fraction of sp³-hybridized carbons (Fsp3) is 0.316. The summed E-state index contributed by atoms with van der Waals surface area (Å²) in [7, 11) is 0. The van der Waals surface area contributed by atoms with Gasteiger partial charge in [-0.15, -0.1) is 0 Å². The summed E-state index contributed by atoms with van der Waals surface area (Å²) >= 11 is 0. The Morgan fingerprint density at radius 3 is 2.62 bits per heavy atom. The van der Waals surface area contributed by atoms with Crippen molar-refractivity contribution in [3.63, 3.8) is 0 Å². The highest BCUT2D eigenvalue weighted by molar-refractivity contribution is 5.45. The number of hydrogen-bond donors (Lipinski definition) is 2. The van der Waals surface area contributed by atoms with Crippen molar-refractivity contribution >= 4 is 5.82 Å². The van der Waals surface area contributed by atoms with Gasteiger partial charge in [0.05, 0.1) is 6.20 Å². The molecule has 1 aliphatic rings. The highest BCUT2D eigenvalue weighted by atomic mass is 16.3. The molecule has 4 rings (SSSR count). The van der Waals surface area contributed by atoms with Crippen LogP contribution in [-0.4, -0.2) is 49.2 Å². The zero-order chi connectivity index (χ0) is 18.1. The van der Waals surface area contributed by atoms with Gasteiger partial charge in [-0.2, -0.15) is 5.10 Å². The van der Waals surface area contributed by atoms with Crippen LogP contribution < -0.4 is 4.90 Å². The molecule has 0 saturated carbocycles. The maximum Gasteiger partial charge on any atom is 0.158 e. The molecule has 0 spiro atoms. The van der Waals surface area contributed by atoms with E-state index in [1.165, 1.54) is 6.33 Å². The first-order valence-electron chi connectivity index (χ1n) is 8.61. The van der Waals surface area contributed by atoms with Crippen LogP contribution in [0.1, 0.15) is 17.5 Å². The number of anilines is 1. The van der Waals surface area contributed by atoms with E-state index in [2.05, 4.69) is 15.1 Å². The van der Waals surface area contributed by atoms with Gasteiger partial charge in [-0.3, -0.25) is 0 Å². The molecule has 1 aliphatic heterocycles. The first kappa shape index (κ1) is 16.7. The lowest BCUT2D eigenvalue weighted by atomic mass is 9.82. The molecule has 1 aromatic carbocycles. The zero-order valence-electron chi connectivity index (χ0n) is 14.5. The SMILES string of the molecule is Cc1cnn(-c2cc(N3CC[C@](O)(c4ccccc4)[C@@H](O)C3)ncn2)c1. The van der Waals surface area contributed by atoms with E-state index >= 15 is 0 Å². The summed E-state index contributed by atoms with van der Waals surface area (Å²) in [6.45, 7) is 2.84. The standard InChI is InChI=1S/C19H21N5O2/c1-14-10-22-24(11-14)18-9-17(20-13-21-18)23-8-7-19(26,16(25)12-23)15-5-3-2-4-6-15/h2-6,9-11,13,16,25-26H,7-8,12H2,1H3/t16-,19-/m0/s1. The van der Waals surface area contributed by atoms with Crippen molar-refractivity contribution in [3.05, 3.63) is 66.2 Å². The second kappa shape index (κ2) is 6.51. The average Bonchev–Trinajstić information content (AvgIpc) is 3.11. The lowest BCUT2D eigenvalue weighted by molar-refractivity contribution is -0.0918. The molecule has 2 atom stereocenters. The van der Waals surface area contributed by atoms with Crippen molar-refractivity contribution in [2.45, 2.75) is 25.0 Å². The summed E-state index contributed by atoms with van der Waals surface area (Å²) in [5.41, 5.74) is 0.543. The number of aliphatic hydroxyl groups is 2. The van der Waals surface area contributed by atoms with Crippen LogP contribution in [0, 0.1) is 6.92 Å². The first-order chi connectivity index (χ1) is 12.6. The fourth-order valence-corrected chi connectivity index (χ4v) is 3.37. The molecule has 0 radical (unpaired) electrons. The van der Waals surface area contributed by atoms with Gasteiger partial charge in [0.2, 0.25) is 0 Å². The van der Waals surface area contributed by atoms with Gasteiger partial charge >= 0.3 is 0 Å². The van der Waals surface area contributed by atoms with Gasteiger partial charge in [0.15, 0.2) is 5.82 Å². The molecular weight excluding hydrogens is 330 g/mol. The van der Waals surface area contributed by atoms with Gasteiger partial charge in [-0.05, 0) is 18.1 Å². The Kier molecular flexibility index (Phi) is 4.18. The Hall–Kier alpha value is -2.77. The first-order valence-corrected chi connectivity index (χ1v) is 8.61. The molecule has 0 unspecified atom stereocenters. The molecule has 26 heavy (non-hydrogen) atoms. The smallest absolute Gasteiger partial charge is 0.158 e. The predicted molar refractivity (Wildman–Crippen MR) is 97.1 cm³/mol. The van der Waals surface area contributed by atoms with Gasteiger partial charge in [0.1, 0.15) is 23.9 Å². The number of aromatic nitrogens is 4. The molecule has 0 aliphatic carbocycles. The lowest BCUT2D eigenvalue weighted by Crippen LogP contribution is -2.53. The van der Waals surface area contributed by atoms with Crippen LogP contribution in [0.2, 0.25) is 0 Å². The van der Waals surface area contributed by atoms with Crippen molar-refractivity contribution < 1.29 is 10.2 Å². The maximum absolute atomic E-state index is 11.0. The number of β-amino-alcohol motifs (C(OH)–C–C–N with tert-alkyl or cyclic N) is 1. The maximum atomic E-state index is 11.0. The largest absolute Gasteiger partial charge is 0.388 e. The molecular formula is C19H21N5O2. The number of aryl methyl sites for hydroxylation is 1. The summed E-state index contributed by atoms with van der Waals surface area (Å²) < 4.78 is 1.70. The van der Waals surface area contributed by atoms with Crippen LogP contribution in [0.15, 0.2) is 55.1 Å². The Bertz CT molecular complexity index is 898. The number of nitrogens with zero attached hydrogens (tertiary/aromatic N) is 5. The second-order valence-electron chi connectivity index (χ2n) is 6.70. The minimum atomic E-state index is -1.24. The second-order valence-corrected chi connectivity index (χ2v) is 6.70. The van der Waals surface area contributed by atoms with E-state index in [9.17, 15) is 10.2 Å². The van der Waals surface area contributed by atoms with Crippen LogP contribution in [0.5, 0.6) is 0 Å². The van der Waals surface area contributed by atoms with E-state index in [4.69, 9.17) is 0 Å². The van der Waals surface area contributed by atoms with E-state index in [1.54, 1.807) is 10.9 Å². The molecule has 7 heteroatoms. The molecule has 2 aromatic heterocycles. The van der Waals surface area contributed by atoms with Crippen molar-refractivity contribution in [2.75, 3.05) is 18.0 Å². The zero-order valence-corrected chi connectivity index (χ0v) is 14.5. The molecule has 0 amide bonds. The predicted octanol–water partition coefficient (Wildman–Crippen LogP) is 1.43. The molecule has 3 aromatic rings. The molecule has 3 heterocycles. The summed E-state index contributed by atoms with van der Waals surface area (Å²) in [6.07, 6.45) is 4.66. The van der Waals surface area contributed by atoms with Crippen molar-refractivity contribution in [1.82, 2.24) is 19.7 Å². The van der Waals surface area contributed by atoms with Gasteiger partial charge in [0.25, 0.3) is 0 Å². The quantitative estimate of drug-likeness (QED) is 0.742. The number of hydrogen-bond acceptors (Lipinski definition) is 6. The van der Waals surface area contributed by atoms with E-state index in [-0.39, 0.29) is 0 Å². The fourth-order valence-electron chi connectivity index (χ4n) is 3.37. The Labute approximate surface area is 151 Å². The van der Waals surface area contributed by atoms with Gasteiger partial charge in [-0.25, -0.2) is 14.6 Å². The molecule has 134 valence electrons. The minimum absolute atomic E-state index is 0.292. The summed E-state index contributed by atoms with van der Waals surface area (Å²) in [4.78, 5) is 10.6. The van der Waals surface area contributed by atoms with Gasteiger partial charge < -0.3 is 15.1 Å². The number of piperidine rings is 1. The third-order valence-corrected chi connectivity index (χ3v) is 4.89. The van der Waals surface area contributed by atoms with Crippen LogP contribution in [0.4, 0.5) is 5.82 Å².